The number of hydrogen-bond acceptors (Lipinski definition) is 4. The van der Waals surface area contributed by atoms with Crippen LogP contribution < -0.4 is 5.14 Å². The van der Waals surface area contributed by atoms with Crippen molar-refractivity contribution < 1.29 is 31.1 Å². The number of fused-ring (bicyclic) bond motifs is 2. The van der Waals surface area contributed by atoms with Gasteiger partial charge in [-0.25, -0.2) is 17.9 Å². The maximum absolute atomic E-state index is 14.6. The summed E-state index contributed by atoms with van der Waals surface area (Å²) >= 11 is 0. The van der Waals surface area contributed by atoms with Gasteiger partial charge in [-0.1, -0.05) is 42.5 Å². The molecule has 3 aromatic carbocycles. The Hall–Kier alpha value is -3.28. The lowest BCUT2D eigenvalue weighted by atomic mass is 9.82. The molecule has 3 N–H and O–H groups in total. The van der Waals surface area contributed by atoms with Crippen LogP contribution >= 0.6 is 0 Å². The lowest BCUT2D eigenvalue weighted by Gasteiger charge is -2.33. The van der Waals surface area contributed by atoms with Gasteiger partial charge < -0.3 is 5.11 Å². The first kappa shape index (κ1) is 24.4. The second-order valence-corrected chi connectivity index (χ2v) is 10.4. The number of aliphatic hydroxyl groups is 1. The van der Waals surface area contributed by atoms with Crippen molar-refractivity contribution in [3.8, 4) is 0 Å². The normalized spacial score (nSPS) is 18.8. The van der Waals surface area contributed by atoms with E-state index in [1.54, 1.807) is 4.68 Å². The van der Waals surface area contributed by atoms with Crippen LogP contribution in [0, 0.1) is 0 Å². The Morgan fingerprint density at radius 3 is 2.42 bits per heavy atom. The van der Waals surface area contributed by atoms with E-state index in [0.717, 1.165) is 12.1 Å². The molecule has 1 aliphatic rings. The van der Waals surface area contributed by atoms with E-state index in [2.05, 4.69) is 5.10 Å². The average Bonchev–Trinajstić information content (AvgIpc) is 3.25. The van der Waals surface area contributed by atoms with Gasteiger partial charge in [0.1, 0.15) is 0 Å². The molecule has 0 aliphatic heterocycles. The van der Waals surface area contributed by atoms with Gasteiger partial charge in [-0.2, -0.15) is 18.3 Å². The molecular formula is C25H21F4N3O3S. The van der Waals surface area contributed by atoms with Crippen molar-refractivity contribution in [2.45, 2.75) is 42.0 Å². The first-order valence-electron chi connectivity index (χ1n) is 11.1. The number of aromatic nitrogens is 2. The summed E-state index contributed by atoms with van der Waals surface area (Å²) in [6, 6.07) is 11.2. The molecule has 1 aliphatic carbocycles. The number of hydrogen-bond donors (Lipinski definition) is 2. The molecule has 0 spiro atoms. The SMILES string of the molecule is NS(=O)(=O)c1ccc(C(O)(c2ccc3c(cnn3C3CC=C(F)CC3)c2)C(F)(F)F)c2ccccc12. The molecule has 0 fully saturated rings. The van der Waals surface area contributed by atoms with Crippen LogP contribution in [0.1, 0.15) is 36.4 Å². The third kappa shape index (κ3) is 3.87. The molecule has 11 heteroatoms. The number of primary sulfonamides is 1. The highest BCUT2D eigenvalue weighted by molar-refractivity contribution is 7.89. The molecule has 0 radical (unpaired) electrons. The smallest absolute Gasteiger partial charge is 0.372 e. The number of halogens is 4. The number of nitrogens with zero attached hydrogens (tertiary/aromatic N) is 2. The lowest BCUT2D eigenvalue weighted by Crippen LogP contribution is -2.43. The fourth-order valence-corrected chi connectivity index (χ4v) is 5.63. The van der Waals surface area contributed by atoms with Crippen molar-refractivity contribution in [3.63, 3.8) is 0 Å². The van der Waals surface area contributed by atoms with Crippen LogP contribution in [-0.4, -0.2) is 29.5 Å². The van der Waals surface area contributed by atoms with E-state index in [1.807, 2.05) is 0 Å². The maximum atomic E-state index is 14.6. The van der Waals surface area contributed by atoms with Crippen LogP contribution in [0.5, 0.6) is 0 Å². The van der Waals surface area contributed by atoms with Crippen molar-refractivity contribution in [2.24, 2.45) is 5.14 Å². The fourth-order valence-electron chi connectivity index (χ4n) is 4.89. The zero-order valence-corrected chi connectivity index (χ0v) is 19.5. The zero-order valence-electron chi connectivity index (χ0n) is 18.7. The number of alkyl halides is 3. The second kappa shape index (κ2) is 8.39. The van der Waals surface area contributed by atoms with E-state index in [1.165, 1.54) is 54.7 Å². The van der Waals surface area contributed by atoms with Crippen molar-refractivity contribution >= 4 is 31.7 Å². The molecular weight excluding hydrogens is 498 g/mol. The van der Waals surface area contributed by atoms with Gasteiger partial charge in [0.25, 0.3) is 0 Å². The maximum Gasteiger partial charge on any atom is 0.425 e. The Balaban J connectivity index is 1.69. The van der Waals surface area contributed by atoms with Gasteiger partial charge in [-0.15, -0.1) is 0 Å². The lowest BCUT2D eigenvalue weighted by molar-refractivity contribution is -0.247. The van der Waals surface area contributed by atoms with E-state index < -0.39 is 32.9 Å². The molecule has 0 amide bonds. The van der Waals surface area contributed by atoms with Gasteiger partial charge in [0.2, 0.25) is 15.6 Å². The molecule has 36 heavy (non-hydrogen) atoms. The highest BCUT2D eigenvalue weighted by Gasteiger charge is 2.57. The molecule has 1 aromatic heterocycles. The first-order chi connectivity index (χ1) is 16.9. The Bertz CT molecular complexity index is 1630. The summed E-state index contributed by atoms with van der Waals surface area (Å²) in [6.07, 6.45) is -1.08. The molecule has 4 aromatic rings. The largest absolute Gasteiger partial charge is 0.425 e. The summed E-state index contributed by atoms with van der Waals surface area (Å²) in [6.45, 7) is 0. The Kier molecular flexibility index (Phi) is 5.69. The molecule has 0 saturated heterocycles. The third-order valence-corrected chi connectivity index (χ3v) is 7.65. The van der Waals surface area contributed by atoms with Crippen LogP contribution in [0.25, 0.3) is 21.7 Å². The highest BCUT2D eigenvalue weighted by Crippen LogP contribution is 2.47. The first-order valence-corrected chi connectivity index (χ1v) is 12.6. The highest BCUT2D eigenvalue weighted by atomic mass is 32.2. The number of rotatable bonds is 4. The predicted molar refractivity (Wildman–Crippen MR) is 126 cm³/mol. The Labute approximate surface area is 203 Å². The number of allylic oxidation sites excluding steroid dienone is 2. The molecule has 2 unspecified atom stereocenters. The van der Waals surface area contributed by atoms with Gasteiger partial charge in [0, 0.05) is 22.8 Å². The van der Waals surface area contributed by atoms with Gasteiger partial charge >= 0.3 is 6.18 Å². The quantitative estimate of drug-likeness (QED) is 0.362. The number of benzene rings is 3. The van der Waals surface area contributed by atoms with Crippen LogP contribution in [0.15, 0.2) is 77.6 Å². The van der Waals surface area contributed by atoms with Crippen molar-refractivity contribution in [1.29, 1.82) is 0 Å². The fraction of sp³-hybridized carbons (Fsp3) is 0.240. The second-order valence-electron chi connectivity index (χ2n) is 8.85. The van der Waals surface area contributed by atoms with Gasteiger partial charge in [0.05, 0.1) is 28.5 Å². The Morgan fingerprint density at radius 1 is 1.06 bits per heavy atom. The van der Waals surface area contributed by atoms with Crippen LogP contribution in [-0.2, 0) is 15.6 Å². The minimum atomic E-state index is -5.16. The number of nitrogens with two attached hydrogens (primary N) is 1. The summed E-state index contributed by atoms with van der Waals surface area (Å²) < 4.78 is 83.0. The summed E-state index contributed by atoms with van der Waals surface area (Å²) in [4.78, 5) is -0.346. The topological polar surface area (TPSA) is 98.2 Å². The molecule has 5 rings (SSSR count). The van der Waals surface area contributed by atoms with E-state index in [0.29, 0.717) is 23.7 Å². The van der Waals surface area contributed by atoms with E-state index >= 15 is 0 Å². The van der Waals surface area contributed by atoms with Crippen LogP contribution in [0.4, 0.5) is 17.6 Å². The van der Waals surface area contributed by atoms with E-state index in [9.17, 15) is 31.1 Å². The average molecular weight is 520 g/mol. The summed E-state index contributed by atoms with van der Waals surface area (Å²) in [5, 5.41) is 21.2. The molecule has 188 valence electrons. The molecule has 6 nitrogen and oxygen atoms in total. The molecule has 0 saturated carbocycles. The van der Waals surface area contributed by atoms with E-state index in [-0.39, 0.29) is 34.0 Å². The van der Waals surface area contributed by atoms with E-state index in [4.69, 9.17) is 5.14 Å². The number of sulfonamides is 1. The third-order valence-electron chi connectivity index (χ3n) is 6.68. The monoisotopic (exact) mass is 519 g/mol. The van der Waals surface area contributed by atoms with Crippen LogP contribution in [0.2, 0.25) is 0 Å². The molecule has 0 bridgehead atoms. The summed E-state index contributed by atoms with van der Waals surface area (Å²) in [5.74, 6) is -0.194. The van der Waals surface area contributed by atoms with Gasteiger partial charge in [-0.3, -0.25) is 4.68 Å². The minimum absolute atomic E-state index is 0.0355. The predicted octanol–water partition coefficient (Wildman–Crippen LogP) is 5.21. The van der Waals surface area contributed by atoms with Crippen molar-refractivity contribution in [2.75, 3.05) is 0 Å². The molecule has 1 heterocycles. The van der Waals surface area contributed by atoms with Crippen LogP contribution in [0.3, 0.4) is 0 Å². The zero-order chi connectivity index (χ0) is 25.9. The van der Waals surface area contributed by atoms with Crippen molar-refractivity contribution in [3.05, 3.63) is 83.8 Å². The van der Waals surface area contributed by atoms with Crippen molar-refractivity contribution in [1.82, 2.24) is 9.78 Å². The Morgan fingerprint density at radius 2 is 1.78 bits per heavy atom. The summed E-state index contributed by atoms with van der Waals surface area (Å²) in [5.41, 5.74) is -3.89. The standard InChI is InChI=1S/C25H21F4N3O3S/c26-17-6-8-18(9-7-17)32-22-11-5-16(13-15(22)14-31-32)24(33,25(27,28)29)21-10-12-23(36(30,34)35)20-4-2-1-3-19(20)21/h1-6,10-14,18,33H,7-9H2,(H2,30,34,35). The minimum Gasteiger partial charge on any atom is -0.372 e. The van der Waals surface area contributed by atoms with Gasteiger partial charge in [0.15, 0.2) is 0 Å². The van der Waals surface area contributed by atoms with Gasteiger partial charge in [-0.05, 0) is 42.0 Å². The molecule has 2 atom stereocenters. The summed E-state index contributed by atoms with van der Waals surface area (Å²) in [7, 11) is -4.23.